The van der Waals surface area contributed by atoms with Crippen LogP contribution >= 0.6 is 0 Å². The summed E-state index contributed by atoms with van der Waals surface area (Å²) < 4.78 is 0. The second-order valence-corrected chi connectivity index (χ2v) is 5.87. The van der Waals surface area contributed by atoms with Crippen LogP contribution in [0.25, 0.3) is 0 Å². The summed E-state index contributed by atoms with van der Waals surface area (Å²) in [6.45, 7) is 6.64. The van der Waals surface area contributed by atoms with Gasteiger partial charge in [-0.3, -0.25) is 4.90 Å². The van der Waals surface area contributed by atoms with Gasteiger partial charge in [-0.1, -0.05) is 60.2 Å². The normalized spacial score (nSPS) is 18.1. The molecular weight excluding hydrogens is 256 g/mol. The summed E-state index contributed by atoms with van der Waals surface area (Å²) >= 11 is 0. The first-order valence-corrected chi connectivity index (χ1v) is 7.91. The highest BCUT2D eigenvalue weighted by atomic mass is 15.2. The summed E-state index contributed by atoms with van der Waals surface area (Å²) in [6, 6.07) is 20.2. The number of hydrogen-bond acceptors (Lipinski definition) is 2. The van der Waals surface area contributed by atoms with Crippen LogP contribution < -0.4 is 5.32 Å². The van der Waals surface area contributed by atoms with Gasteiger partial charge in [-0.2, -0.15) is 0 Å². The average Bonchev–Trinajstić information content (AvgIpc) is 2.78. The van der Waals surface area contributed by atoms with Gasteiger partial charge in [0.15, 0.2) is 0 Å². The minimum atomic E-state index is 0.367. The Balaban J connectivity index is 1.98. The number of hydrogen-bond donors (Lipinski definition) is 1. The van der Waals surface area contributed by atoms with Crippen molar-refractivity contribution in [3.05, 3.63) is 71.3 Å². The SMILES string of the molecule is Cc1cccc(C(c2ccccc2)N2CCCNCC2)c1. The summed E-state index contributed by atoms with van der Waals surface area (Å²) in [6.07, 6.45) is 1.22. The number of aryl methyl sites for hydroxylation is 1. The molecule has 1 saturated heterocycles. The van der Waals surface area contributed by atoms with Gasteiger partial charge in [0.25, 0.3) is 0 Å². The molecule has 21 heavy (non-hydrogen) atoms. The molecule has 0 radical (unpaired) electrons. The summed E-state index contributed by atoms with van der Waals surface area (Å²) in [4.78, 5) is 2.62. The quantitative estimate of drug-likeness (QED) is 0.927. The Morgan fingerprint density at radius 1 is 0.905 bits per heavy atom. The minimum absolute atomic E-state index is 0.367. The molecule has 1 heterocycles. The zero-order valence-electron chi connectivity index (χ0n) is 12.8. The molecule has 0 saturated carbocycles. The molecule has 2 heteroatoms. The second-order valence-electron chi connectivity index (χ2n) is 5.87. The van der Waals surface area contributed by atoms with Gasteiger partial charge in [0.05, 0.1) is 6.04 Å². The molecule has 1 fully saturated rings. The van der Waals surface area contributed by atoms with Crippen LogP contribution in [-0.2, 0) is 0 Å². The Labute approximate surface area is 127 Å². The summed E-state index contributed by atoms with van der Waals surface area (Å²) in [7, 11) is 0. The van der Waals surface area contributed by atoms with E-state index in [0.29, 0.717) is 6.04 Å². The molecule has 110 valence electrons. The zero-order valence-corrected chi connectivity index (χ0v) is 12.8. The lowest BCUT2D eigenvalue weighted by Gasteiger charge is -2.31. The van der Waals surface area contributed by atoms with Crippen molar-refractivity contribution < 1.29 is 0 Å². The highest BCUT2D eigenvalue weighted by molar-refractivity contribution is 5.34. The maximum absolute atomic E-state index is 3.50. The predicted molar refractivity (Wildman–Crippen MR) is 88.5 cm³/mol. The lowest BCUT2D eigenvalue weighted by atomic mass is 9.95. The Kier molecular flexibility index (Phi) is 4.69. The molecule has 0 aromatic heterocycles. The third-order valence-corrected chi connectivity index (χ3v) is 4.21. The van der Waals surface area contributed by atoms with E-state index in [9.17, 15) is 0 Å². The average molecular weight is 280 g/mol. The van der Waals surface area contributed by atoms with Gasteiger partial charge in [0, 0.05) is 19.6 Å². The number of nitrogens with one attached hydrogen (secondary N) is 1. The largest absolute Gasteiger partial charge is 0.315 e. The van der Waals surface area contributed by atoms with Crippen LogP contribution in [0.5, 0.6) is 0 Å². The van der Waals surface area contributed by atoms with Crippen molar-refractivity contribution in [3.8, 4) is 0 Å². The van der Waals surface area contributed by atoms with Crippen LogP contribution in [0.3, 0.4) is 0 Å². The Bertz CT molecular complexity index is 557. The molecule has 1 unspecified atom stereocenters. The highest BCUT2D eigenvalue weighted by Gasteiger charge is 2.22. The number of nitrogens with zero attached hydrogens (tertiary/aromatic N) is 1. The molecule has 1 N–H and O–H groups in total. The second kappa shape index (κ2) is 6.88. The van der Waals surface area contributed by atoms with Gasteiger partial charge in [0.1, 0.15) is 0 Å². The van der Waals surface area contributed by atoms with Gasteiger partial charge in [0.2, 0.25) is 0 Å². The molecule has 3 rings (SSSR count). The van der Waals surface area contributed by atoms with Crippen LogP contribution in [0.4, 0.5) is 0 Å². The van der Waals surface area contributed by atoms with Crippen molar-refractivity contribution >= 4 is 0 Å². The van der Waals surface area contributed by atoms with Gasteiger partial charge >= 0.3 is 0 Å². The van der Waals surface area contributed by atoms with E-state index in [1.54, 1.807) is 0 Å². The molecule has 1 aliphatic rings. The predicted octanol–water partition coefficient (Wildman–Crippen LogP) is 3.38. The van der Waals surface area contributed by atoms with E-state index < -0.39 is 0 Å². The van der Waals surface area contributed by atoms with E-state index in [1.165, 1.54) is 23.1 Å². The molecule has 1 aliphatic heterocycles. The maximum Gasteiger partial charge on any atom is 0.0602 e. The lowest BCUT2D eigenvalue weighted by molar-refractivity contribution is 0.241. The number of rotatable bonds is 3. The third-order valence-electron chi connectivity index (χ3n) is 4.21. The fourth-order valence-electron chi connectivity index (χ4n) is 3.21. The van der Waals surface area contributed by atoms with E-state index in [0.717, 1.165) is 26.2 Å². The zero-order chi connectivity index (χ0) is 14.5. The lowest BCUT2D eigenvalue weighted by Crippen LogP contribution is -2.33. The maximum atomic E-state index is 3.50. The fraction of sp³-hybridized carbons (Fsp3) is 0.368. The fourth-order valence-corrected chi connectivity index (χ4v) is 3.21. The van der Waals surface area contributed by atoms with Crippen LogP contribution in [0.15, 0.2) is 54.6 Å². The molecule has 1 atom stereocenters. The molecule has 2 aromatic carbocycles. The highest BCUT2D eigenvalue weighted by Crippen LogP contribution is 2.29. The van der Waals surface area contributed by atoms with Gasteiger partial charge in [-0.15, -0.1) is 0 Å². The molecule has 0 aliphatic carbocycles. The van der Waals surface area contributed by atoms with Crippen LogP contribution in [-0.4, -0.2) is 31.1 Å². The minimum Gasteiger partial charge on any atom is -0.315 e. The van der Waals surface area contributed by atoms with E-state index in [-0.39, 0.29) is 0 Å². The molecule has 0 bridgehead atoms. The first kappa shape index (κ1) is 14.3. The summed E-state index contributed by atoms with van der Waals surface area (Å²) in [5, 5.41) is 3.50. The monoisotopic (exact) mass is 280 g/mol. The Morgan fingerprint density at radius 3 is 2.52 bits per heavy atom. The number of benzene rings is 2. The first-order chi connectivity index (χ1) is 10.3. The van der Waals surface area contributed by atoms with E-state index in [4.69, 9.17) is 0 Å². The van der Waals surface area contributed by atoms with E-state index in [2.05, 4.69) is 71.7 Å². The summed E-state index contributed by atoms with van der Waals surface area (Å²) in [5.74, 6) is 0. The van der Waals surface area contributed by atoms with Crippen molar-refractivity contribution in [2.24, 2.45) is 0 Å². The van der Waals surface area contributed by atoms with E-state index >= 15 is 0 Å². The van der Waals surface area contributed by atoms with Gasteiger partial charge < -0.3 is 5.32 Å². The molecule has 2 aromatic rings. The Hall–Kier alpha value is -1.64. The Morgan fingerprint density at radius 2 is 1.71 bits per heavy atom. The van der Waals surface area contributed by atoms with Crippen molar-refractivity contribution in [1.29, 1.82) is 0 Å². The van der Waals surface area contributed by atoms with Crippen molar-refractivity contribution in [2.45, 2.75) is 19.4 Å². The van der Waals surface area contributed by atoms with Gasteiger partial charge in [-0.25, -0.2) is 0 Å². The molecule has 0 spiro atoms. The topological polar surface area (TPSA) is 15.3 Å². The first-order valence-electron chi connectivity index (χ1n) is 7.91. The van der Waals surface area contributed by atoms with Crippen LogP contribution in [0.1, 0.15) is 29.2 Å². The summed E-state index contributed by atoms with van der Waals surface area (Å²) in [5.41, 5.74) is 4.13. The molecule has 2 nitrogen and oxygen atoms in total. The van der Waals surface area contributed by atoms with Crippen LogP contribution in [0.2, 0.25) is 0 Å². The molecular formula is C19H24N2. The third kappa shape index (κ3) is 3.52. The van der Waals surface area contributed by atoms with Gasteiger partial charge in [-0.05, 0) is 31.0 Å². The van der Waals surface area contributed by atoms with Crippen LogP contribution in [0, 0.1) is 6.92 Å². The van der Waals surface area contributed by atoms with Crippen molar-refractivity contribution in [1.82, 2.24) is 10.2 Å². The molecule has 0 amide bonds. The smallest absolute Gasteiger partial charge is 0.0602 e. The van der Waals surface area contributed by atoms with Crippen molar-refractivity contribution in [3.63, 3.8) is 0 Å². The van der Waals surface area contributed by atoms with Crippen molar-refractivity contribution in [2.75, 3.05) is 26.2 Å². The standard InChI is InChI=1S/C19H24N2/c1-16-7-5-10-18(15-16)19(17-8-3-2-4-9-17)21-13-6-11-20-12-14-21/h2-5,7-10,15,19-20H,6,11-14H2,1H3. The van der Waals surface area contributed by atoms with E-state index in [1.807, 2.05) is 0 Å².